The van der Waals surface area contributed by atoms with Crippen LogP contribution in [0.1, 0.15) is 33.1 Å². The van der Waals surface area contributed by atoms with Gasteiger partial charge < -0.3 is 15.7 Å². The van der Waals surface area contributed by atoms with Crippen LogP contribution in [0.15, 0.2) is 0 Å². The van der Waals surface area contributed by atoms with E-state index in [0.29, 0.717) is 24.3 Å². The number of hydrogen-bond acceptors (Lipinski definition) is 3. The minimum absolute atomic E-state index is 0.0268. The van der Waals surface area contributed by atoms with Gasteiger partial charge in [0, 0.05) is 12.6 Å². The van der Waals surface area contributed by atoms with E-state index in [4.69, 9.17) is 0 Å². The van der Waals surface area contributed by atoms with E-state index in [1.54, 1.807) is 0 Å². The quantitative estimate of drug-likeness (QED) is 0.667. The van der Waals surface area contributed by atoms with Crippen molar-refractivity contribution in [1.82, 2.24) is 10.6 Å². The molecule has 3 N–H and O–H groups in total. The molecular formula is C14H24N2O3. The summed E-state index contributed by atoms with van der Waals surface area (Å²) in [5, 5.41) is 15.3. The van der Waals surface area contributed by atoms with Crippen LogP contribution in [0.2, 0.25) is 0 Å². The molecule has 2 saturated carbocycles. The van der Waals surface area contributed by atoms with Crippen LogP contribution in [0.5, 0.6) is 0 Å². The van der Waals surface area contributed by atoms with E-state index in [0.717, 1.165) is 19.3 Å². The zero-order chi connectivity index (χ0) is 14.0. The molecule has 0 spiro atoms. The number of amides is 1. The first kappa shape index (κ1) is 14.3. The fourth-order valence-corrected chi connectivity index (χ4v) is 3.53. The zero-order valence-corrected chi connectivity index (χ0v) is 11.7. The Morgan fingerprint density at radius 1 is 1.26 bits per heavy atom. The summed E-state index contributed by atoms with van der Waals surface area (Å²) in [6, 6.07) is -0.0268. The van der Waals surface area contributed by atoms with Crippen LogP contribution in [-0.4, -0.2) is 36.1 Å². The van der Waals surface area contributed by atoms with E-state index < -0.39 is 5.97 Å². The van der Waals surface area contributed by atoms with Gasteiger partial charge in [0.1, 0.15) is 0 Å². The highest BCUT2D eigenvalue weighted by Gasteiger charge is 2.50. The maximum atomic E-state index is 11.7. The van der Waals surface area contributed by atoms with Gasteiger partial charge in [0.2, 0.25) is 5.91 Å². The summed E-state index contributed by atoms with van der Waals surface area (Å²) in [5.41, 5.74) is 0. The van der Waals surface area contributed by atoms with Crippen LogP contribution in [0.4, 0.5) is 0 Å². The van der Waals surface area contributed by atoms with E-state index in [-0.39, 0.29) is 24.4 Å². The van der Waals surface area contributed by atoms with Crippen LogP contribution in [-0.2, 0) is 9.59 Å². The Bertz CT molecular complexity index is 357. The second kappa shape index (κ2) is 5.90. The Labute approximate surface area is 114 Å². The van der Waals surface area contributed by atoms with Crippen molar-refractivity contribution >= 4 is 11.9 Å². The van der Waals surface area contributed by atoms with E-state index in [9.17, 15) is 14.7 Å². The van der Waals surface area contributed by atoms with Gasteiger partial charge in [-0.05, 0) is 37.0 Å². The molecule has 2 bridgehead atoms. The molecule has 0 saturated heterocycles. The minimum Gasteiger partial charge on any atom is -0.481 e. The van der Waals surface area contributed by atoms with E-state index >= 15 is 0 Å². The van der Waals surface area contributed by atoms with Gasteiger partial charge in [-0.3, -0.25) is 9.59 Å². The van der Waals surface area contributed by atoms with Crippen LogP contribution < -0.4 is 10.6 Å². The van der Waals surface area contributed by atoms with Gasteiger partial charge in [0.25, 0.3) is 0 Å². The highest BCUT2D eigenvalue weighted by Crippen LogP contribution is 2.48. The molecule has 4 atom stereocenters. The average molecular weight is 268 g/mol. The lowest BCUT2D eigenvalue weighted by Gasteiger charge is -2.28. The van der Waals surface area contributed by atoms with Gasteiger partial charge in [-0.25, -0.2) is 0 Å². The number of nitrogens with one attached hydrogen (secondary N) is 2. The largest absolute Gasteiger partial charge is 0.481 e. The molecule has 108 valence electrons. The van der Waals surface area contributed by atoms with Crippen molar-refractivity contribution in [2.24, 2.45) is 23.7 Å². The molecule has 5 nitrogen and oxygen atoms in total. The number of carbonyl (C=O) groups excluding carboxylic acids is 1. The number of rotatable bonds is 6. The highest BCUT2D eigenvalue weighted by molar-refractivity contribution is 5.78. The lowest BCUT2D eigenvalue weighted by atomic mass is 9.84. The number of carboxylic acids is 1. The second-order valence-electron chi connectivity index (χ2n) is 6.30. The first-order chi connectivity index (χ1) is 8.99. The van der Waals surface area contributed by atoms with Gasteiger partial charge in [-0.1, -0.05) is 13.8 Å². The molecule has 0 aromatic carbocycles. The summed E-state index contributed by atoms with van der Waals surface area (Å²) in [4.78, 5) is 23.0. The lowest BCUT2D eigenvalue weighted by molar-refractivity contribution is -0.144. The molecule has 0 heterocycles. The maximum absolute atomic E-state index is 11.7. The van der Waals surface area contributed by atoms with Crippen LogP contribution in [0, 0.1) is 23.7 Å². The molecule has 2 aliphatic carbocycles. The van der Waals surface area contributed by atoms with Gasteiger partial charge >= 0.3 is 5.97 Å². The Hall–Kier alpha value is -1.10. The summed E-state index contributed by atoms with van der Waals surface area (Å²) in [6.45, 7) is 4.98. The SMILES string of the molecule is CC(C)CNC(=O)CNC1C2CCC(C2)C1C(=O)O. The van der Waals surface area contributed by atoms with Crippen LogP contribution in [0.3, 0.4) is 0 Å². The predicted octanol–water partition coefficient (Wildman–Crippen LogP) is 0.847. The topological polar surface area (TPSA) is 78.4 Å². The molecule has 0 aliphatic heterocycles. The predicted molar refractivity (Wildman–Crippen MR) is 71.6 cm³/mol. The minimum atomic E-state index is -0.715. The summed E-state index contributed by atoms with van der Waals surface area (Å²) in [6.07, 6.45) is 3.13. The summed E-state index contributed by atoms with van der Waals surface area (Å²) in [7, 11) is 0. The molecule has 0 radical (unpaired) electrons. The van der Waals surface area contributed by atoms with Crippen molar-refractivity contribution < 1.29 is 14.7 Å². The average Bonchev–Trinajstić information content (AvgIpc) is 2.93. The smallest absolute Gasteiger partial charge is 0.308 e. The highest BCUT2D eigenvalue weighted by atomic mass is 16.4. The molecular weight excluding hydrogens is 244 g/mol. The molecule has 2 aliphatic rings. The molecule has 4 unspecified atom stereocenters. The van der Waals surface area contributed by atoms with Crippen molar-refractivity contribution in [1.29, 1.82) is 0 Å². The molecule has 5 heteroatoms. The number of hydrogen-bond donors (Lipinski definition) is 3. The summed E-state index contributed by atoms with van der Waals surface area (Å²) in [5.74, 6) is 0.102. The normalized spacial score (nSPS) is 32.8. The molecule has 2 rings (SSSR count). The molecule has 2 fully saturated rings. The Balaban J connectivity index is 1.81. The van der Waals surface area contributed by atoms with Gasteiger partial charge in [-0.2, -0.15) is 0 Å². The summed E-state index contributed by atoms with van der Waals surface area (Å²) < 4.78 is 0. The van der Waals surface area contributed by atoms with Crippen molar-refractivity contribution in [3.63, 3.8) is 0 Å². The number of fused-ring (bicyclic) bond motifs is 2. The van der Waals surface area contributed by atoms with E-state index in [1.165, 1.54) is 0 Å². The number of carboxylic acid groups (broad SMARTS) is 1. The molecule has 0 aromatic rings. The van der Waals surface area contributed by atoms with Crippen molar-refractivity contribution in [2.75, 3.05) is 13.1 Å². The van der Waals surface area contributed by atoms with Gasteiger partial charge in [0.05, 0.1) is 12.5 Å². The monoisotopic (exact) mass is 268 g/mol. The van der Waals surface area contributed by atoms with Crippen molar-refractivity contribution in [2.45, 2.75) is 39.2 Å². The van der Waals surface area contributed by atoms with Crippen LogP contribution in [0.25, 0.3) is 0 Å². The fourth-order valence-electron chi connectivity index (χ4n) is 3.53. The Morgan fingerprint density at radius 3 is 2.58 bits per heavy atom. The molecule has 19 heavy (non-hydrogen) atoms. The summed E-state index contributed by atoms with van der Waals surface area (Å²) >= 11 is 0. The molecule has 1 amide bonds. The number of carbonyl (C=O) groups is 2. The standard InChI is InChI=1S/C14H24N2O3/c1-8(2)6-15-11(17)7-16-13-10-4-3-9(5-10)12(13)14(18)19/h8-10,12-13,16H,3-7H2,1-2H3,(H,15,17)(H,18,19). The third-order valence-electron chi connectivity index (χ3n) is 4.41. The van der Waals surface area contributed by atoms with Gasteiger partial charge in [0.15, 0.2) is 0 Å². The third kappa shape index (κ3) is 3.26. The Kier molecular flexibility index (Phi) is 4.45. The van der Waals surface area contributed by atoms with Crippen molar-refractivity contribution in [3.05, 3.63) is 0 Å². The van der Waals surface area contributed by atoms with Crippen LogP contribution >= 0.6 is 0 Å². The number of aliphatic carboxylic acids is 1. The third-order valence-corrected chi connectivity index (χ3v) is 4.41. The van der Waals surface area contributed by atoms with Crippen molar-refractivity contribution in [3.8, 4) is 0 Å². The van der Waals surface area contributed by atoms with E-state index in [1.807, 2.05) is 13.8 Å². The zero-order valence-electron chi connectivity index (χ0n) is 11.7. The first-order valence-electron chi connectivity index (χ1n) is 7.22. The fraction of sp³-hybridized carbons (Fsp3) is 0.857. The Morgan fingerprint density at radius 2 is 1.95 bits per heavy atom. The molecule has 0 aromatic heterocycles. The van der Waals surface area contributed by atoms with Gasteiger partial charge in [-0.15, -0.1) is 0 Å². The maximum Gasteiger partial charge on any atom is 0.308 e. The second-order valence-corrected chi connectivity index (χ2v) is 6.30. The first-order valence-corrected chi connectivity index (χ1v) is 7.22. The van der Waals surface area contributed by atoms with E-state index in [2.05, 4.69) is 10.6 Å². The lowest BCUT2D eigenvalue weighted by Crippen LogP contribution is -2.48.